The van der Waals surface area contributed by atoms with Crippen molar-refractivity contribution in [1.82, 2.24) is 0 Å². The second kappa shape index (κ2) is 5.41. The topological polar surface area (TPSA) is 13.1 Å². The Morgan fingerprint density at radius 3 is 2.44 bits per heavy atom. The first kappa shape index (κ1) is 13.1. The molecule has 92 valence electrons. The minimum Gasteiger partial charge on any atom is -0.459 e. The van der Waals surface area contributed by atoms with Gasteiger partial charge in [-0.1, -0.05) is 26.7 Å². The Kier molecular flexibility index (Phi) is 4.44. The van der Waals surface area contributed by atoms with Crippen LogP contribution in [0.3, 0.4) is 0 Å². The van der Waals surface area contributed by atoms with Crippen molar-refractivity contribution in [3.8, 4) is 0 Å². The number of unbranched alkanes of at least 4 members (excludes halogenated alkanes) is 1. The van der Waals surface area contributed by atoms with E-state index in [1.807, 2.05) is 6.92 Å². The molecule has 1 aromatic heterocycles. The Balaban J connectivity index is 2.75. The van der Waals surface area contributed by atoms with Gasteiger partial charge in [0.2, 0.25) is 5.76 Å². The highest BCUT2D eigenvalue weighted by molar-refractivity contribution is 5.19. The van der Waals surface area contributed by atoms with Gasteiger partial charge in [-0.2, -0.15) is 13.2 Å². The van der Waals surface area contributed by atoms with Crippen LogP contribution in [-0.2, 0) is 6.18 Å². The van der Waals surface area contributed by atoms with Gasteiger partial charge in [-0.15, -0.1) is 0 Å². The van der Waals surface area contributed by atoms with Crippen molar-refractivity contribution in [2.45, 2.75) is 51.6 Å². The average Bonchev–Trinajstić information content (AvgIpc) is 2.68. The third-order valence-electron chi connectivity index (χ3n) is 2.77. The van der Waals surface area contributed by atoms with E-state index in [9.17, 15) is 13.2 Å². The third kappa shape index (κ3) is 3.29. The van der Waals surface area contributed by atoms with E-state index in [0.29, 0.717) is 5.56 Å². The molecule has 0 fully saturated rings. The van der Waals surface area contributed by atoms with Crippen molar-refractivity contribution >= 4 is 0 Å². The minimum absolute atomic E-state index is 0.180. The third-order valence-corrected chi connectivity index (χ3v) is 2.77. The summed E-state index contributed by atoms with van der Waals surface area (Å²) in [4.78, 5) is 0. The van der Waals surface area contributed by atoms with Crippen LogP contribution in [0.2, 0.25) is 0 Å². The molecule has 0 bridgehead atoms. The fourth-order valence-electron chi connectivity index (χ4n) is 1.77. The normalized spacial score (nSPS) is 14.1. The van der Waals surface area contributed by atoms with Crippen LogP contribution >= 0.6 is 0 Å². The fraction of sp³-hybridized carbons (Fsp3) is 0.667. The lowest BCUT2D eigenvalue weighted by Crippen LogP contribution is -2.02. The fourth-order valence-corrected chi connectivity index (χ4v) is 1.77. The lowest BCUT2D eigenvalue weighted by Gasteiger charge is -2.11. The summed E-state index contributed by atoms with van der Waals surface area (Å²) < 4.78 is 41.5. The van der Waals surface area contributed by atoms with E-state index in [2.05, 4.69) is 11.3 Å². The summed E-state index contributed by atoms with van der Waals surface area (Å²) in [5.41, 5.74) is 0.670. The van der Waals surface area contributed by atoms with Gasteiger partial charge in [0, 0.05) is 0 Å². The second-order valence-electron chi connectivity index (χ2n) is 3.99. The van der Waals surface area contributed by atoms with Crippen LogP contribution in [-0.4, -0.2) is 0 Å². The van der Waals surface area contributed by atoms with Gasteiger partial charge < -0.3 is 4.42 Å². The Morgan fingerprint density at radius 2 is 2.00 bits per heavy atom. The molecule has 0 aromatic carbocycles. The van der Waals surface area contributed by atoms with E-state index in [4.69, 9.17) is 0 Å². The molecule has 1 nitrogen and oxygen atoms in total. The van der Waals surface area contributed by atoms with Crippen LogP contribution in [0.4, 0.5) is 13.2 Å². The molecule has 0 spiro atoms. The van der Waals surface area contributed by atoms with E-state index < -0.39 is 11.9 Å². The molecule has 4 heteroatoms. The first-order valence-electron chi connectivity index (χ1n) is 5.64. The Labute approximate surface area is 93.6 Å². The van der Waals surface area contributed by atoms with Crippen molar-refractivity contribution in [3.05, 3.63) is 23.7 Å². The van der Waals surface area contributed by atoms with Crippen LogP contribution in [0.15, 0.2) is 16.7 Å². The van der Waals surface area contributed by atoms with Crippen LogP contribution in [0.5, 0.6) is 0 Å². The van der Waals surface area contributed by atoms with Gasteiger partial charge in [-0.3, -0.25) is 0 Å². The molecule has 0 radical (unpaired) electrons. The summed E-state index contributed by atoms with van der Waals surface area (Å²) in [6, 6.07) is 1.13. The standard InChI is InChI=1S/C12H17F3O/c1-3-5-6-9(4-2)10-7-11(16-8-10)12(13,14)15/h7-9H,3-6H2,1-2H3. The number of halogens is 3. The van der Waals surface area contributed by atoms with Crippen LogP contribution in [0, 0.1) is 0 Å². The lowest BCUT2D eigenvalue weighted by molar-refractivity contribution is -0.153. The molecular weight excluding hydrogens is 217 g/mol. The highest BCUT2D eigenvalue weighted by Crippen LogP contribution is 2.34. The zero-order chi connectivity index (χ0) is 12.2. The van der Waals surface area contributed by atoms with E-state index >= 15 is 0 Å². The summed E-state index contributed by atoms with van der Waals surface area (Å²) in [5, 5.41) is 0. The number of furan rings is 1. The second-order valence-corrected chi connectivity index (χ2v) is 3.99. The first-order valence-corrected chi connectivity index (χ1v) is 5.64. The van der Waals surface area contributed by atoms with E-state index in [0.717, 1.165) is 31.7 Å². The van der Waals surface area contributed by atoms with Crippen molar-refractivity contribution in [3.63, 3.8) is 0 Å². The minimum atomic E-state index is -4.37. The van der Waals surface area contributed by atoms with Crippen molar-refractivity contribution < 1.29 is 17.6 Å². The zero-order valence-corrected chi connectivity index (χ0v) is 9.60. The predicted octanol–water partition coefficient (Wildman–Crippen LogP) is 4.98. The van der Waals surface area contributed by atoms with Crippen LogP contribution in [0.1, 0.15) is 56.8 Å². The molecule has 1 rings (SSSR count). The molecule has 0 amide bonds. The molecule has 16 heavy (non-hydrogen) atoms. The smallest absolute Gasteiger partial charge is 0.449 e. The number of alkyl halides is 3. The maximum atomic E-state index is 12.3. The summed E-state index contributed by atoms with van der Waals surface area (Å²) >= 11 is 0. The van der Waals surface area contributed by atoms with Crippen LogP contribution < -0.4 is 0 Å². The first-order chi connectivity index (χ1) is 7.49. The molecule has 1 unspecified atom stereocenters. The molecule has 1 atom stereocenters. The number of hydrogen-bond acceptors (Lipinski definition) is 1. The van der Waals surface area contributed by atoms with Gasteiger partial charge in [0.15, 0.2) is 0 Å². The lowest BCUT2D eigenvalue weighted by atomic mass is 9.93. The molecular formula is C12H17F3O. The van der Waals surface area contributed by atoms with Crippen molar-refractivity contribution in [2.75, 3.05) is 0 Å². The molecule has 0 N–H and O–H groups in total. The molecule has 1 aromatic rings. The summed E-state index contributed by atoms with van der Waals surface area (Å²) in [7, 11) is 0. The van der Waals surface area contributed by atoms with E-state index in [-0.39, 0.29) is 5.92 Å². The maximum Gasteiger partial charge on any atom is 0.449 e. The van der Waals surface area contributed by atoms with Crippen molar-refractivity contribution in [2.24, 2.45) is 0 Å². The molecule has 0 aliphatic carbocycles. The Morgan fingerprint density at radius 1 is 1.31 bits per heavy atom. The van der Waals surface area contributed by atoms with E-state index in [1.54, 1.807) is 0 Å². The van der Waals surface area contributed by atoms with Crippen molar-refractivity contribution in [1.29, 1.82) is 0 Å². The van der Waals surface area contributed by atoms with Gasteiger partial charge in [0.25, 0.3) is 0 Å². The Bertz CT molecular complexity index is 314. The largest absolute Gasteiger partial charge is 0.459 e. The summed E-state index contributed by atoms with van der Waals surface area (Å²) in [6.07, 6.45) is 0.722. The molecule has 0 saturated heterocycles. The monoisotopic (exact) mass is 234 g/mol. The predicted molar refractivity (Wildman–Crippen MR) is 56.3 cm³/mol. The highest BCUT2D eigenvalue weighted by Gasteiger charge is 2.35. The molecule has 0 saturated carbocycles. The quantitative estimate of drug-likeness (QED) is 0.700. The van der Waals surface area contributed by atoms with Gasteiger partial charge in [0.05, 0.1) is 6.26 Å². The zero-order valence-electron chi connectivity index (χ0n) is 9.60. The molecule has 1 heterocycles. The van der Waals surface area contributed by atoms with Gasteiger partial charge >= 0.3 is 6.18 Å². The molecule has 0 aliphatic rings. The number of rotatable bonds is 5. The SMILES string of the molecule is CCCCC(CC)c1coc(C(F)(F)F)c1. The van der Waals surface area contributed by atoms with Crippen LogP contribution in [0.25, 0.3) is 0 Å². The summed E-state index contributed by atoms with van der Waals surface area (Å²) in [6.45, 7) is 4.06. The average molecular weight is 234 g/mol. The highest BCUT2D eigenvalue weighted by atomic mass is 19.4. The molecule has 0 aliphatic heterocycles. The van der Waals surface area contributed by atoms with Gasteiger partial charge in [-0.05, 0) is 30.4 Å². The van der Waals surface area contributed by atoms with E-state index in [1.165, 1.54) is 6.26 Å². The van der Waals surface area contributed by atoms with Gasteiger partial charge in [-0.25, -0.2) is 0 Å². The van der Waals surface area contributed by atoms with Gasteiger partial charge in [0.1, 0.15) is 0 Å². The Hall–Kier alpha value is -0.930. The number of hydrogen-bond donors (Lipinski definition) is 0. The maximum absolute atomic E-state index is 12.3. The summed E-state index contributed by atoms with van der Waals surface area (Å²) in [5.74, 6) is -0.711.